The van der Waals surface area contributed by atoms with Crippen molar-refractivity contribution in [2.24, 2.45) is 5.92 Å². The molecule has 1 aliphatic rings. The molecule has 2 heterocycles. The summed E-state index contributed by atoms with van der Waals surface area (Å²) in [5.41, 5.74) is 2.99. The zero-order valence-corrected chi connectivity index (χ0v) is 15.4. The Labute approximate surface area is 153 Å². The molecule has 0 saturated carbocycles. The fraction of sp³-hybridized carbons (Fsp3) is 0.400. The van der Waals surface area contributed by atoms with E-state index in [4.69, 9.17) is 9.47 Å². The molecule has 0 unspecified atom stereocenters. The Balaban J connectivity index is 1.76. The van der Waals surface area contributed by atoms with Crippen LogP contribution in [0.1, 0.15) is 32.3 Å². The van der Waals surface area contributed by atoms with Gasteiger partial charge >= 0.3 is 6.09 Å². The number of carbonyl (C=O) groups excluding carboxylic acids is 1. The number of aromatic nitrogens is 1. The van der Waals surface area contributed by atoms with E-state index in [9.17, 15) is 4.79 Å². The van der Waals surface area contributed by atoms with E-state index in [-0.39, 0.29) is 0 Å². The van der Waals surface area contributed by atoms with Gasteiger partial charge in [0, 0.05) is 11.1 Å². The number of pyridine rings is 1. The summed E-state index contributed by atoms with van der Waals surface area (Å²) in [6.07, 6.45) is 3.26. The summed E-state index contributed by atoms with van der Waals surface area (Å²) in [7, 11) is 1.31. The van der Waals surface area contributed by atoms with Gasteiger partial charge in [0.15, 0.2) is 0 Å². The standard InChI is InChI=1S/C20H24N2O4/c1-13(2)5-4-8-25-15-6-7-16-14(9-15)12-26-18-11-21-19(10-17(16)18)22-20(23)24-3/h6-7,9-11,13H,4-5,8,12H2,1-3H3,(H,21,22,23). The van der Waals surface area contributed by atoms with Crippen LogP contribution in [0.15, 0.2) is 30.5 Å². The first-order valence-corrected chi connectivity index (χ1v) is 8.80. The molecule has 0 spiro atoms. The van der Waals surface area contributed by atoms with E-state index in [1.54, 1.807) is 12.3 Å². The van der Waals surface area contributed by atoms with Gasteiger partial charge < -0.3 is 14.2 Å². The van der Waals surface area contributed by atoms with Crippen molar-refractivity contribution in [1.82, 2.24) is 4.98 Å². The average Bonchev–Trinajstić information content (AvgIpc) is 2.64. The van der Waals surface area contributed by atoms with E-state index < -0.39 is 6.09 Å². The summed E-state index contributed by atoms with van der Waals surface area (Å²) in [4.78, 5) is 15.6. The minimum Gasteiger partial charge on any atom is -0.494 e. The minimum atomic E-state index is -0.556. The third-order valence-corrected chi connectivity index (χ3v) is 4.23. The molecule has 138 valence electrons. The average molecular weight is 356 g/mol. The smallest absolute Gasteiger partial charge is 0.412 e. The van der Waals surface area contributed by atoms with Gasteiger partial charge in [0.2, 0.25) is 0 Å². The summed E-state index contributed by atoms with van der Waals surface area (Å²) in [5.74, 6) is 2.65. The molecular formula is C20H24N2O4. The number of amides is 1. The van der Waals surface area contributed by atoms with Gasteiger partial charge in [-0.05, 0) is 42.5 Å². The van der Waals surface area contributed by atoms with E-state index in [0.29, 0.717) is 30.7 Å². The first kappa shape index (κ1) is 18.0. The van der Waals surface area contributed by atoms with Gasteiger partial charge in [0.25, 0.3) is 0 Å². The SMILES string of the molecule is COC(=O)Nc1cc2c(cn1)OCc1cc(OCCCC(C)C)ccc1-2. The number of rotatable bonds is 6. The highest BCUT2D eigenvalue weighted by atomic mass is 16.5. The summed E-state index contributed by atoms with van der Waals surface area (Å²) >= 11 is 0. The van der Waals surface area contributed by atoms with Crippen LogP contribution in [0.5, 0.6) is 11.5 Å². The highest BCUT2D eigenvalue weighted by Gasteiger charge is 2.19. The maximum Gasteiger partial charge on any atom is 0.412 e. The second-order valence-corrected chi connectivity index (χ2v) is 6.67. The second kappa shape index (κ2) is 8.08. The Bertz CT molecular complexity index is 789. The van der Waals surface area contributed by atoms with Crippen LogP contribution < -0.4 is 14.8 Å². The van der Waals surface area contributed by atoms with Gasteiger partial charge in [-0.2, -0.15) is 0 Å². The van der Waals surface area contributed by atoms with Gasteiger partial charge in [-0.1, -0.05) is 19.9 Å². The van der Waals surface area contributed by atoms with Crippen molar-refractivity contribution in [3.8, 4) is 22.6 Å². The molecule has 6 heteroatoms. The normalized spacial score (nSPS) is 12.0. The number of nitrogens with zero attached hydrogens (tertiary/aromatic N) is 1. The molecule has 0 atom stereocenters. The fourth-order valence-corrected chi connectivity index (χ4v) is 2.87. The predicted octanol–water partition coefficient (Wildman–Crippen LogP) is 4.63. The maximum atomic E-state index is 11.4. The number of hydrogen-bond donors (Lipinski definition) is 1. The molecule has 0 fully saturated rings. The molecule has 0 radical (unpaired) electrons. The van der Waals surface area contributed by atoms with Crippen LogP contribution in [0.3, 0.4) is 0 Å². The van der Waals surface area contributed by atoms with Gasteiger partial charge in [-0.15, -0.1) is 0 Å². The lowest BCUT2D eigenvalue weighted by Gasteiger charge is -2.21. The van der Waals surface area contributed by atoms with Crippen LogP contribution >= 0.6 is 0 Å². The Morgan fingerprint density at radius 2 is 2.15 bits per heavy atom. The number of benzene rings is 1. The molecule has 2 aromatic rings. The van der Waals surface area contributed by atoms with Crippen LogP contribution in [0.4, 0.5) is 10.6 Å². The lowest BCUT2D eigenvalue weighted by atomic mass is 9.97. The molecule has 0 aliphatic carbocycles. The molecule has 1 aliphatic heterocycles. The molecule has 3 rings (SSSR count). The van der Waals surface area contributed by atoms with E-state index in [0.717, 1.165) is 35.3 Å². The number of fused-ring (bicyclic) bond motifs is 3. The van der Waals surface area contributed by atoms with E-state index in [1.807, 2.05) is 18.2 Å². The lowest BCUT2D eigenvalue weighted by molar-refractivity contribution is 0.187. The highest BCUT2D eigenvalue weighted by molar-refractivity contribution is 5.86. The molecule has 1 N–H and O–H groups in total. The minimum absolute atomic E-state index is 0.418. The van der Waals surface area contributed by atoms with Crippen molar-refractivity contribution in [2.75, 3.05) is 19.0 Å². The van der Waals surface area contributed by atoms with Crippen molar-refractivity contribution in [2.45, 2.75) is 33.3 Å². The molecular weight excluding hydrogens is 332 g/mol. The van der Waals surface area contributed by atoms with Crippen molar-refractivity contribution >= 4 is 11.9 Å². The Morgan fingerprint density at radius 3 is 2.92 bits per heavy atom. The summed E-state index contributed by atoms with van der Waals surface area (Å²) in [5, 5.41) is 2.57. The van der Waals surface area contributed by atoms with E-state index >= 15 is 0 Å². The summed E-state index contributed by atoms with van der Waals surface area (Å²) in [6, 6.07) is 7.79. The van der Waals surface area contributed by atoms with E-state index in [1.165, 1.54) is 7.11 Å². The second-order valence-electron chi connectivity index (χ2n) is 6.67. The predicted molar refractivity (Wildman–Crippen MR) is 99.6 cm³/mol. The van der Waals surface area contributed by atoms with Gasteiger partial charge in [-0.25, -0.2) is 9.78 Å². The number of ether oxygens (including phenoxy) is 3. The quantitative estimate of drug-likeness (QED) is 0.764. The van der Waals surface area contributed by atoms with Crippen molar-refractivity contribution < 1.29 is 19.0 Å². The lowest BCUT2D eigenvalue weighted by Crippen LogP contribution is -2.13. The zero-order valence-electron chi connectivity index (χ0n) is 15.4. The Kier molecular flexibility index (Phi) is 5.61. The maximum absolute atomic E-state index is 11.4. The molecule has 1 aromatic carbocycles. The van der Waals surface area contributed by atoms with Crippen molar-refractivity contribution in [3.05, 3.63) is 36.0 Å². The van der Waals surface area contributed by atoms with Crippen LogP contribution in [-0.4, -0.2) is 24.8 Å². The molecule has 1 aromatic heterocycles. The molecule has 1 amide bonds. The Hall–Kier alpha value is -2.76. The van der Waals surface area contributed by atoms with E-state index in [2.05, 4.69) is 28.9 Å². The van der Waals surface area contributed by atoms with Gasteiger partial charge in [0.05, 0.1) is 19.9 Å². The molecule has 0 bridgehead atoms. The van der Waals surface area contributed by atoms with Crippen LogP contribution in [0.25, 0.3) is 11.1 Å². The Morgan fingerprint density at radius 1 is 1.31 bits per heavy atom. The first-order chi connectivity index (χ1) is 12.6. The third-order valence-electron chi connectivity index (χ3n) is 4.23. The fourth-order valence-electron chi connectivity index (χ4n) is 2.87. The number of methoxy groups -OCH3 is 1. The van der Waals surface area contributed by atoms with Gasteiger partial charge in [-0.3, -0.25) is 5.32 Å². The van der Waals surface area contributed by atoms with Gasteiger partial charge in [0.1, 0.15) is 23.9 Å². The number of carbonyl (C=O) groups is 1. The molecule has 26 heavy (non-hydrogen) atoms. The zero-order chi connectivity index (χ0) is 18.5. The van der Waals surface area contributed by atoms with Crippen molar-refractivity contribution in [3.63, 3.8) is 0 Å². The van der Waals surface area contributed by atoms with Crippen molar-refractivity contribution in [1.29, 1.82) is 0 Å². The number of anilines is 1. The molecule has 6 nitrogen and oxygen atoms in total. The first-order valence-electron chi connectivity index (χ1n) is 8.80. The number of hydrogen-bond acceptors (Lipinski definition) is 5. The molecule has 0 saturated heterocycles. The monoisotopic (exact) mass is 356 g/mol. The summed E-state index contributed by atoms with van der Waals surface area (Å²) < 4.78 is 16.3. The largest absolute Gasteiger partial charge is 0.494 e. The summed E-state index contributed by atoms with van der Waals surface area (Å²) in [6.45, 7) is 5.61. The number of nitrogens with one attached hydrogen (secondary N) is 1. The highest BCUT2D eigenvalue weighted by Crippen LogP contribution is 2.39. The van der Waals surface area contributed by atoms with Crippen LogP contribution in [0.2, 0.25) is 0 Å². The van der Waals surface area contributed by atoms with Crippen LogP contribution in [0, 0.1) is 5.92 Å². The third kappa shape index (κ3) is 4.25. The van der Waals surface area contributed by atoms with Crippen LogP contribution in [-0.2, 0) is 11.3 Å². The topological polar surface area (TPSA) is 69.7 Å².